The monoisotopic (exact) mass is 444 g/mol. The van der Waals surface area contributed by atoms with E-state index in [-0.39, 0.29) is 23.2 Å². The Morgan fingerprint density at radius 2 is 1.65 bits per heavy atom. The highest BCUT2D eigenvalue weighted by atomic mass is 32.2. The lowest BCUT2D eigenvalue weighted by Gasteiger charge is -2.26. The molecule has 0 atom stereocenters. The van der Waals surface area contributed by atoms with Crippen LogP contribution in [0.1, 0.15) is 16.1 Å². The van der Waals surface area contributed by atoms with Gasteiger partial charge in [-0.15, -0.1) is 0 Å². The fourth-order valence-corrected chi connectivity index (χ4v) is 4.63. The van der Waals surface area contributed by atoms with Gasteiger partial charge in [0.1, 0.15) is 17.3 Å². The summed E-state index contributed by atoms with van der Waals surface area (Å²) in [6.45, 7) is 1.53. The SMILES string of the molecule is O=C(NCc1ccc(-c2ccc(F)cc2)o1)c1ccc(S(=O)(=O)N2CCOCC2)cc1. The lowest BCUT2D eigenvalue weighted by molar-refractivity contribution is 0.0730. The van der Waals surface area contributed by atoms with E-state index in [1.54, 1.807) is 24.3 Å². The van der Waals surface area contributed by atoms with Crippen molar-refractivity contribution in [2.75, 3.05) is 26.3 Å². The maximum Gasteiger partial charge on any atom is 0.251 e. The van der Waals surface area contributed by atoms with Gasteiger partial charge in [-0.2, -0.15) is 4.31 Å². The van der Waals surface area contributed by atoms with E-state index in [1.165, 1.54) is 40.7 Å². The first-order valence-electron chi connectivity index (χ1n) is 9.74. The molecule has 1 amide bonds. The van der Waals surface area contributed by atoms with Gasteiger partial charge in [-0.3, -0.25) is 4.79 Å². The summed E-state index contributed by atoms with van der Waals surface area (Å²) in [7, 11) is -3.60. The van der Waals surface area contributed by atoms with Gasteiger partial charge in [0.2, 0.25) is 10.0 Å². The van der Waals surface area contributed by atoms with Gasteiger partial charge in [0.05, 0.1) is 24.7 Å². The molecule has 1 aromatic heterocycles. The summed E-state index contributed by atoms with van der Waals surface area (Å²) in [6, 6.07) is 15.2. The fraction of sp³-hybridized carbons (Fsp3) is 0.227. The maximum absolute atomic E-state index is 13.0. The van der Waals surface area contributed by atoms with E-state index < -0.39 is 10.0 Å². The van der Waals surface area contributed by atoms with Crippen molar-refractivity contribution in [1.29, 1.82) is 0 Å². The summed E-state index contributed by atoms with van der Waals surface area (Å²) in [6.07, 6.45) is 0. The summed E-state index contributed by atoms with van der Waals surface area (Å²) >= 11 is 0. The second-order valence-electron chi connectivity index (χ2n) is 7.00. The third-order valence-electron chi connectivity index (χ3n) is 4.94. The molecule has 0 spiro atoms. The average Bonchev–Trinajstić information content (AvgIpc) is 3.28. The Labute approximate surface area is 179 Å². The van der Waals surface area contributed by atoms with Crippen molar-refractivity contribution in [1.82, 2.24) is 9.62 Å². The van der Waals surface area contributed by atoms with Crippen LogP contribution in [0.5, 0.6) is 0 Å². The van der Waals surface area contributed by atoms with E-state index in [9.17, 15) is 17.6 Å². The smallest absolute Gasteiger partial charge is 0.251 e. The van der Waals surface area contributed by atoms with E-state index >= 15 is 0 Å². The van der Waals surface area contributed by atoms with Crippen molar-refractivity contribution in [2.45, 2.75) is 11.4 Å². The first kappa shape index (κ1) is 21.2. The highest BCUT2D eigenvalue weighted by Gasteiger charge is 2.26. The predicted octanol–water partition coefficient (Wildman–Crippen LogP) is 3.04. The van der Waals surface area contributed by atoms with Crippen LogP contribution in [-0.2, 0) is 21.3 Å². The topological polar surface area (TPSA) is 88.8 Å². The lowest BCUT2D eigenvalue weighted by Crippen LogP contribution is -2.40. The molecule has 0 unspecified atom stereocenters. The first-order valence-corrected chi connectivity index (χ1v) is 11.2. The number of nitrogens with one attached hydrogen (secondary N) is 1. The summed E-state index contributed by atoms with van der Waals surface area (Å²) < 4.78 is 50.6. The molecule has 9 heteroatoms. The minimum atomic E-state index is -3.60. The molecule has 0 aliphatic carbocycles. The fourth-order valence-electron chi connectivity index (χ4n) is 3.23. The van der Waals surface area contributed by atoms with Gasteiger partial charge in [-0.1, -0.05) is 0 Å². The van der Waals surface area contributed by atoms with Crippen molar-refractivity contribution >= 4 is 15.9 Å². The molecule has 4 rings (SSSR count). The number of carbonyl (C=O) groups is 1. The number of halogens is 1. The Kier molecular flexibility index (Phi) is 6.17. The molecule has 31 heavy (non-hydrogen) atoms. The molecule has 1 aliphatic heterocycles. The van der Waals surface area contributed by atoms with Crippen LogP contribution in [0.15, 0.2) is 70.0 Å². The summed E-state index contributed by atoms with van der Waals surface area (Å²) in [5.41, 5.74) is 1.07. The van der Waals surface area contributed by atoms with Gasteiger partial charge >= 0.3 is 0 Å². The molecule has 162 valence electrons. The molecule has 0 radical (unpaired) electrons. The number of hydrogen-bond acceptors (Lipinski definition) is 5. The van der Waals surface area contributed by atoms with Gasteiger partial charge in [0.15, 0.2) is 0 Å². The van der Waals surface area contributed by atoms with Crippen molar-refractivity contribution in [3.63, 3.8) is 0 Å². The van der Waals surface area contributed by atoms with Gasteiger partial charge in [-0.25, -0.2) is 12.8 Å². The number of sulfonamides is 1. The summed E-state index contributed by atoms with van der Waals surface area (Å²) in [5.74, 6) is 0.433. The Morgan fingerprint density at radius 1 is 0.968 bits per heavy atom. The van der Waals surface area contributed by atoms with Crippen LogP contribution in [0.4, 0.5) is 4.39 Å². The molecular weight excluding hydrogens is 423 g/mol. The molecule has 7 nitrogen and oxygen atoms in total. The number of nitrogens with zero attached hydrogens (tertiary/aromatic N) is 1. The van der Waals surface area contributed by atoms with Gasteiger partial charge < -0.3 is 14.5 Å². The summed E-state index contributed by atoms with van der Waals surface area (Å²) in [5, 5.41) is 2.74. The normalized spacial score (nSPS) is 15.0. The van der Waals surface area contributed by atoms with E-state index in [0.717, 1.165) is 5.56 Å². The second kappa shape index (κ2) is 9.01. The molecule has 3 aromatic rings. The number of ether oxygens (including phenoxy) is 1. The minimum Gasteiger partial charge on any atom is -0.459 e. The summed E-state index contributed by atoms with van der Waals surface area (Å²) in [4.78, 5) is 12.6. The third-order valence-corrected chi connectivity index (χ3v) is 6.85. The van der Waals surface area contributed by atoms with Crippen LogP contribution in [0, 0.1) is 5.82 Å². The first-order chi connectivity index (χ1) is 14.9. The number of hydrogen-bond donors (Lipinski definition) is 1. The van der Waals surface area contributed by atoms with Crippen LogP contribution < -0.4 is 5.32 Å². The van der Waals surface area contributed by atoms with Crippen LogP contribution >= 0.6 is 0 Å². The highest BCUT2D eigenvalue weighted by molar-refractivity contribution is 7.89. The molecule has 1 aliphatic rings. The Bertz CT molecular complexity index is 1150. The predicted molar refractivity (Wildman–Crippen MR) is 111 cm³/mol. The van der Waals surface area contributed by atoms with Gasteiger partial charge in [0, 0.05) is 24.2 Å². The molecular formula is C22H21FN2O5S. The molecule has 0 bridgehead atoms. The van der Waals surface area contributed by atoms with Crippen molar-refractivity contribution < 1.29 is 26.8 Å². The molecule has 1 saturated heterocycles. The van der Waals surface area contributed by atoms with E-state index in [0.29, 0.717) is 43.4 Å². The van der Waals surface area contributed by atoms with E-state index in [2.05, 4.69) is 5.32 Å². The molecule has 2 aromatic carbocycles. The van der Waals surface area contributed by atoms with Gasteiger partial charge in [0.25, 0.3) is 5.91 Å². The maximum atomic E-state index is 13.0. The largest absolute Gasteiger partial charge is 0.459 e. The number of benzene rings is 2. The zero-order valence-electron chi connectivity index (χ0n) is 16.6. The Morgan fingerprint density at radius 3 is 2.32 bits per heavy atom. The Balaban J connectivity index is 1.37. The second-order valence-corrected chi connectivity index (χ2v) is 8.93. The number of carbonyl (C=O) groups excluding carboxylic acids is 1. The number of furan rings is 1. The van der Waals surface area contributed by atoms with Crippen LogP contribution in [-0.4, -0.2) is 44.9 Å². The van der Waals surface area contributed by atoms with Crippen LogP contribution in [0.3, 0.4) is 0 Å². The van der Waals surface area contributed by atoms with E-state index in [4.69, 9.17) is 9.15 Å². The average molecular weight is 444 g/mol. The molecule has 1 N–H and O–H groups in total. The lowest BCUT2D eigenvalue weighted by atomic mass is 10.2. The van der Waals surface area contributed by atoms with Crippen molar-refractivity contribution in [3.8, 4) is 11.3 Å². The Hall–Kier alpha value is -3.01. The third kappa shape index (κ3) is 4.84. The van der Waals surface area contributed by atoms with Crippen molar-refractivity contribution in [3.05, 3.63) is 77.8 Å². The van der Waals surface area contributed by atoms with Crippen LogP contribution in [0.25, 0.3) is 11.3 Å². The minimum absolute atomic E-state index is 0.140. The molecule has 2 heterocycles. The molecule has 0 saturated carbocycles. The molecule has 1 fully saturated rings. The zero-order valence-corrected chi connectivity index (χ0v) is 17.4. The number of amides is 1. The van der Waals surface area contributed by atoms with Gasteiger partial charge in [-0.05, 0) is 60.7 Å². The zero-order chi connectivity index (χ0) is 21.8. The highest BCUT2D eigenvalue weighted by Crippen LogP contribution is 2.22. The van der Waals surface area contributed by atoms with Crippen molar-refractivity contribution in [2.24, 2.45) is 0 Å². The van der Waals surface area contributed by atoms with Crippen LogP contribution in [0.2, 0.25) is 0 Å². The van der Waals surface area contributed by atoms with E-state index in [1.807, 2.05) is 0 Å². The standard InChI is InChI=1S/C22H21FN2O5S/c23-18-5-1-16(2-6-18)21-10-7-19(30-21)15-24-22(26)17-3-8-20(9-4-17)31(27,28)25-11-13-29-14-12-25/h1-10H,11-15H2,(H,24,26). The quantitative estimate of drug-likeness (QED) is 0.631. The number of morpholine rings is 1. The number of rotatable bonds is 6.